The van der Waals surface area contributed by atoms with Crippen LogP contribution in [0.25, 0.3) is 0 Å². The molecule has 1 nitrogen and oxygen atoms in total. The van der Waals surface area contributed by atoms with E-state index in [4.69, 9.17) is 0 Å². The monoisotopic (exact) mass is 237 g/mol. The first-order chi connectivity index (χ1) is 7.58. The smallest absolute Gasteiger partial charge is 0.314 e. The van der Waals surface area contributed by atoms with Gasteiger partial charge in [0.15, 0.2) is 0 Å². The largest absolute Gasteiger partial charge is 0.389 e. The van der Waals surface area contributed by atoms with Crippen LogP contribution in [0, 0.1) is 0 Å². The summed E-state index contributed by atoms with van der Waals surface area (Å²) in [7, 11) is 0. The SMILES string of the molecule is FC(F)(F)CCCCNC1CCCCCC1. The number of halogens is 3. The summed E-state index contributed by atoms with van der Waals surface area (Å²) in [6, 6.07) is 0.549. The highest BCUT2D eigenvalue weighted by Crippen LogP contribution is 2.22. The molecule has 0 aromatic carbocycles. The van der Waals surface area contributed by atoms with Crippen molar-refractivity contribution in [3.05, 3.63) is 0 Å². The first-order valence-electron chi connectivity index (χ1n) is 6.38. The molecule has 0 aromatic rings. The molecule has 0 unspecified atom stereocenters. The van der Waals surface area contributed by atoms with Gasteiger partial charge in [-0.3, -0.25) is 0 Å². The van der Waals surface area contributed by atoms with E-state index in [9.17, 15) is 13.2 Å². The number of alkyl halides is 3. The van der Waals surface area contributed by atoms with Crippen molar-refractivity contribution in [1.29, 1.82) is 0 Å². The number of unbranched alkanes of at least 4 members (excludes halogenated alkanes) is 1. The highest BCUT2D eigenvalue weighted by Gasteiger charge is 2.25. The van der Waals surface area contributed by atoms with Crippen LogP contribution in [0.4, 0.5) is 13.2 Å². The van der Waals surface area contributed by atoms with Crippen molar-refractivity contribution in [3.8, 4) is 0 Å². The molecule has 1 aliphatic carbocycles. The van der Waals surface area contributed by atoms with Crippen molar-refractivity contribution in [2.75, 3.05) is 6.54 Å². The number of hydrogen-bond donors (Lipinski definition) is 1. The molecule has 0 aromatic heterocycles. The quantitative estimate of drug-likeness (QED) is 0.562. The molecule has 0 amide bonds. The zero-order valence-electron chi connectivity index (χ0n) is 9.78. The maximum Gasteiger partial charge on any atom is 0.389 e. The Kier molecular flexibility index (Phi) is 6.17. The van der Waals surface area contributed by atoms with Gasteiger partial charge < -0.3 is 5.32 Å². The van der Waals surface area contributed by atoms with Crippen LogP contribution in [0.3, 0.4) is 0 Å². The van der Waals surface area contributed by atoms with E-state index in [-0.39, 0.29) is 6.42 Å². The number of hydrogen-bond acceptors (Lipinski definition) is 1. The molecule has 0 atom stereocenters. The summed E-state index contributed by atoms with van der Waals surface area (Å²) in [6.07, 6.45) is 3.80. The molecule has 0 spiro atoms. The topological polar surface area (TPSA) is 12.0 Å². The molecule has 16 heavy (non-hydrogen) atoms. The van der Waals surface area contributed by atoms with E-state index in [0.29, 0.717) is 12.5 Å². The Labute approximate surface area is 95.8 Å². The molecular formula is C12H22F3N. The fourth-order valence-electron chi connectivity index (χ4n) is 2.24. The highest BCUT2D eigenvalue weighted by molar-refractivity contribution is 4.70. The van der Waals surface area contributed by atoms with Crippen molar-refractivity contribution < 1.29 is 13.2 Å². The average molecular weight is 237 g/mol. The summed E-state index contributed by atoms with van der Waals surface area (Å²) in [5, 5.41) is 3.38. The Balaban J connectivity index is 1.97. The Morgan fingerprint density at radius 3 is 2.12 bits per heavy atom. The van der Waals surface area contributed by atoms with E-state index < -0.39 is 12.6 Å². The van der Waals surface area contributed by atoms with Gasteiger partial charge >= 0.3 is 6.18 Å². The first kappa shape index (κ1) is 13.8. The fourth-order valence-corrected chi connectivity index (χ4v) is 2.24. The number of nitrogens with one attached hydrogen (secondary N) is 1. The molecule has 0 aliphatic heterocycles. The summed E-state index contributed by atoms with van der Waals surface area (Å²) < 4.78 is 35.6. The van der Waals surface area contributed by atoms with E-state index in [0.717, 1.165) is 6.54 Å². The Bertz CT molecular complexity index is 172. The lowest BCUT2D eigenvalue weighted by Gasteiger charge is -2.16. The third-order valence-corrected chi connectivity index (χ3v) is 3.18. The summed E-state index contributed by atoms with van der Waals surface area (Å²) in [5.74, 6) is 0. The third kappa shape index (κ3) is 7.09. The van der Waals surface area contributed by atoms with Gasteiger partial charge in [0.25, 0.3) is 0 Å². The first-order valence-corrected chi connectivity index (χ1v) is 6.38. The fraction of sp³-hybridized carbons (Fsp3) is 1.00. The average Bonchev–Trinajstić information content (AvgIpc) is 2.44. The molecule has 1 saturated carbocycles. The van der Waals surface area contributed by atoms with Crippen molar-refractivity contribution >= 4 is 0 Å². The van der Waals surface area contributed by atoms with Gasteiger partial charge in [-0.05, 0) is 32.2 Å². The van der Waals surface area contributed by atoms with Gasteiger partial charge in [0, 0.05) is 12.5 Å². The molecule has 1 fully saturated rings. The molecule has 1 aliphatic rings. The van der Waals surface area contributed by atoms with Crippen molar-refractivity contribution in [2.24, 2.45) is 0 Å². The second kappa shape index (κ2) is 7.15. The lowest BCUT2D eigenvalue weighted by atomic mass is 10.1. The van der Waals surface area contributed by atoms with Crippen LogP contribution in [0.2, 0.25) is 0 Å². The van der Waals surface area contributed by atoms with E-state index in [1.807, 2.05) is 0 Å². The summed E-state index contributed by atoms with van der Waals surface area (Å²) in [6.45, 7) is 0.737. The Morgan fingerprint density at radius 2 is 1.56 bits per heavy atom. The molecule has 0 radical (unpaired) electrons. The predicted octanol–water partition coefficient (Wildman–Crippen LogP) is 4.03. The lowest BCUT2D eigenvalue weighted by Crippen LogP contribution is -2.29. The van der Waals surface area contributed by atoms with Crippen LogP contribution in [-0.4, -0.2) is 18.8 Å². The van der Waals surface area contributed by atoms with Gasteiger partial charge in [0.05, 0.1) is 0 Å². The van der Waals surface area contributed by atoms with Gasteiger partial charge in [-0.25, -0.2) is 0 Å². The lowest BCUT2D eigenvalue weighted by molar-refractivity contribution is -0.135. The van der Waals surface area contributed by atoms with Gasteiger partial charge in [-0.2, -0.15) is 13.2 Å². The van der Waals surface area contributed by atoms with Crippen molar-refractivity contribution in [3.63, 3.8) is 0 Å². The van der Waals surface area contributed by atoms with E-state index >= 15 is 0 Å². The van der Waals surface area contributed by atoms with Gasteiger partial charge in [-0.1, -0.05) is 25.7 Å². The maximum absolute atomic E-state index is 11.9. The van der Waals surface area contributed by atoms with E-state index in [1.54, 1.807) is 0 Å². The molecular weight excluding hydrogens is 215 g/mol. The van der Waals surface area contributed by atoms with Crippen molar-refractivity contribution in [2.45, 2.75) is 70.0 Å². The molecule has 1 rings (SSSR count). The van der Waals surface area contributed by atoms with Crippen molar-refractivity contribution in [1.82, 2.24) is 5.32 Å². The predicted molar refractivity (Wildman–Crippen MR) is 59.4 cm³/mol. The molecule has 4 heteroatoms. The van der Waals surface area contributed by atoms with Crippen LogP contribution in [0.1, 0.15) is 57.8 Å². The Morgan fingerprint density at radius 1 is 0.938 bits per heavy atom. The molecule has 0 heterocycles. The minimum atomic E-state index is -3.98. The van der Waals surface area contributed by atoms with Gasteiger partial charge in [0.1, 0.15) is 0 Å². The van der Waals surface area contributed by atoms with Crippen LogP contribution < -0.4 is 5.32 Å². The summed E-state index contributed by atoms with van der Waals surface area (Å²) >= 11 is 0. The maximum atomic E-state index is 11.9. The van der Waals surface area contributed by atoms with E-state index in [2.05, 4.69) is 5.32 Å². The van der Waals surface area contributed by atoms with Gasteiger partial charge in [0.2, 0.25) is 0 Å². The van der Waals surface area contributed by atoms with Crippen LogP contribution >= 0.6 is 0 Å². The summed E-state index contributed by atoms with van der Waals surface area (Å²) in [4.78, 5) is 0. The third-order valence-electron chi connectivity index (χ3n) is 3.18. The molecule has 0 bridgehead atoms. The summed E-state index contributed by atoms with van der Waals surface area (Å²) in [5.41, 5.74) is 0. The minimum Gasteiger partial charge on any atom is -0.314 e. The second-order valence-electron chi connectivity index (χ2n) is 4.71. The zero-order valence-corrected chi connectivity index (χ0v) is 9.78. The molecule has 1 N–H and O–H groups in total. The zero-order chi connectivity index (χ0) is 11.9. The Hall–Kier alpha value is -0.250. The van der Waals surface area contributed by atoms with Crippen LogP contribution in [0.5, 0.6) is 0 Å². The molecule has 96 valence electrons. The highest BCUT2D eigenvalue weighted by atomic mass is 19.4. The van der Waals surface area contributed by atoms with Crippen LogP contribution in [-0.2, 0) is 0 Å². The number of rotatable bonds is 5. The van der Waals surface area contributed by atoms with E-state index in [1.165, 1.54) is 38.5 Å². The standard InChI is InChI=1S/C12H22F3N/c13-12(14,15)9-5-6-10-16-11-7-3-1-2-4-8-11/h11,16H,1-10H2. The minimum absolute atomic E-state index is 0.253. The molecule has 0 saturated heterocycles. The van der Waals surface area contributed by atoms with Crippen LogP contribution in [0.15, 0.2) is 0 Å². The normalized spacial score (nSPS) is 19.7. The second-order valence-corrected chi connectivity index (χ2v) is 4.71. The van der Waals surface area contributed by atoms with Gasteiger partial charge in [-0.15, -0.1) is 0 Å².